The van der Waals surface area contributed by atoms with Gasteiger partial charge in [-0.05, 0) is 23.3 Å². The Hall–Kier alpha value is -1.62. The summed E-state index contributed by atoms with van der Waals surface area (Å²) in [4.78, 5) is 1.25. The molecule has 0 saturated heterocycles. The molecule has 0 atom stereocenters. The van der Waals surface area contributed by atoms with Crippen LogP contribution in [0.2, 0.25) is 5.02 Å². The van der Waals surface area contributed by atoms with Gasteiger partial charge < -0.3 is 5.32 Å². The number of nitrogens with zero attached hydrogens (tertiary/aromatic N) is 1. The summed E-state index contributed by atoms with van der Waals surface area (Å²) >= 11 is 7.58. The van der Waals surface area contributed by atoms with Gasteiger partial charge in [0.2, 0.25) is 0 Å². The number of nitrogens with one attached hydrogen (secondary N) is 2. The van der Waals surface area contributed by atoms with Gasteiger partial charge in [0, 0.05) is 29.5 Å². The lowest BCUT2D eigenvalue weighted by molar-refractivity contribution is 0.701. The van der Waals surface area contributed by atoms with Gasteiger partial charge in [0.1, 0.15) is 0 Å². The van der Waals surface area contributed by atoms with Gasteiger partial charge in [-0.1, -0.05) is 35.9 Å². The van der Waals surface area contributed by atoms with Crippen LogP contribution in [0.3, 0.4) is 0 Å². The summed E-state index contributed by atoms with van der Waals surface area (Å²) in [6.45, 7) is 1.69. The molecule has 20 heavy (non-hydrogen) atoms. The van der Waals surface area contributed by atoms with Gasteiger partial charge >= 0.3 is 0 Å². The molecule has 0 fully saturated rings. The summed E-state index contributed by atoms with van der Waals surface area (Å²) < 4.78 is 0. The highest BCUT2D eigenvalue weighted by Crippen LogP contribution is 2.19. The Morgan fingerprint density at radius 1 is 1.15 bits per heavy atom. The molecular weight excluding hydrogens is 290 g/mol. The van der Waals surface area contributed by atoms with Crippen molar-refractivity contribution in [3.63, 3.8) is 0 Å². The predicted molar refractivity (Wildman–Crippen MR) is 83.9 cm³/mol. The van der Waals surface area contributed by atoms with E-state index in [2.05, 4.69) is 39.8 Å². The molecule has 0 aliphatic heterocycles. The minimum atomic E-state index is 0.815. The monoisotopic (exact) mass is 303 g/mol. The van der Waals surface area contributed by atoms with E-state index >= 15 is 0 Å². The molecule has 3 rings (SSSR count). The van der Waals surface area contributed by atoms with Gasteiger partial charge in [-0.3, -0.25) is 5.10 Å². The molecule has 102 valence electrons. The Morgan fingerprint density at radius 3 is 2.65 bits per heavy atom. The molecule has 0 amide bonds. The van der Waals surface area contributed by atoms with Gasteiger partial charge in [0.05, 0.1) is 10.7 Å². The lowest BCUT2D eigenvalue weighted by Crippen LogP contribution is -2.11. The second-order valence-corrected chi connectivity index (χ2v) is 5.93. The summed E-state index contributed by atoms with van der Waals surface area (Å²) in [5.74, 6) is 0. The molecule has 0 bridgehead atoms. The average Bonchev–Trinajstić information content (AvgIpc) is 3.11. The van der Waals surface area contributed by atoms with E-state index in [1.165, 1.54) is 10.4 Å². The minimum absolute atomic E-state index is 0.815. The molecule has 0 aliphatic rings. The summed E-state index contributed by atoms with van der Waals surface area (Å²) in [5, 5.41) is 13.1. The maximum absolute atomic E-state index is 5.90. The summed E-state index contributed by atoms with van der Waals surface area (Å²) in [6.07, 6.45) is 1.76. The van der Waals surface area contributed by atoms with Crippen molar-refractivity contribution in [1.82, 2.24) is 15.5 Å². The first-order valence-corrected chi connectivity index (χ1v) is 7.59. The standard InChI is InChI=1S/C15H14ClN3S/c16-13-7-14(20-10-13)9-17-8-11-1-3-12(4-2-11)15-5-6-18-19-15/h1-7,10,17H,8-9H2,(H,18,19). The lowest BCUT2D eigenvalue weighted by atomic mass is 10.1. The van der Waals surface area contributed by atoms with Crippen molar-refractivity contribution in [2.75, 3.05) is 0 Å². The highest BCUT2D eigenvalue weighted by atomic mass is 35.5. The Labute approximate surface area is 126 Å². The highest BCUT2D eigenvalue weighted by molar-refractivity contribution is 7.10. The second-order valence-electron chi connectivity index (χ2n) is 4.50. The van der Waals surface area contributed by atoms with E-state index in [4.69, 9.17) is 11.6 Å². The Bertz CT molecular complexity index is 659. The van der Waals surface area contributed by atoms with Gasteiger partial charge in [-0.15, -0.1) is 11.3 Å². The van der Waals surface area contributed by atoms with E-state index in [0.717, 1.165) is 29.4 Å². The molecule has 1 aromatic carbocycles. The zero-order valence-corrected chi connectivity index (χ0v) is 12.3. The Balaban J connectivity index is 1.56. The van der Waals surface area contributed by atoms with Gasteiger partial charge in [0.25, 0.3) is 0 Å². The fraction of sp³-hybridized carbons (Fsp3) is 0.133. The van der Waals surface area contributed by atoms with Crippen LogP contribution in [0.4, 0.5) is 0 Å². The number of hydrogen-bond acceptors (Lipinski definition) is 3. The molecule has 2 N–H and O–H groups in total. The molecule has 2 aromatic heterocycles. The molecule has 3 aromatic rings. The van der Waals surface area contributed by atoms with E-state index in [9.17, 15) is 0 Å². The van der Waals surface area contributed by atoms with Crippen molar-refractivity contribution in [2.24, 2.45) is 0 Å². The maximum Gasteiger partial charge on any atom is 0.0650 e. The van der Waals surface area contributed by atoms with E-state index in [1.54, 1.807) is 17.5 Å². The van der Waals surface area contributed by atoms with Crippen molar-refractivity contribution in [3.05, 3.63) is 63.4 Å². The zero-order valence-electron chi connectivity index (χ0n) is 10.8. The summed E-state index contributed by atoms with van der Waals surface area (Å²) in [7, 11) is 0. The Kier molecular flexibility index (Phi) is 4.16. The van der Waals surface area contributed by atoms with Crippen LogP contribution in [0.15, 0.2) is 48.0 Å². The number of thiophene rings is 1. The van der Waals surface area contributed by atoms with Crippen LogP contribution < -0.4 is 5.32 Å². The number of halogens is 1. The van der Waals surface area contributed by atoms with Crippen LogP contribution in [0, 0.1) is 0 Å². The van der Waals surface area contributed by atoms with Crippen molar-refractivity contribution in [2.45, 2.75) is 13.1 Å². The zero-order chi connectivity index (χ0) is 13.8. The van der Waals surface area contributed by atoms with Crippen LogP contribution in [-0.4, -0.2) is 10.2 Å². The average molecular weight is 304 g/mol. The van der Waals surface area contributed by atoms with Crippen molar-refractivity contribution < 1.29 is 0 Å². The predicted octanol–water partition coefficient (Wildman–Crippen LogP) is 4.08. The first-order chi connectivity index (χ1) is 9.81. The molecule has 3 nitrogen and oxygen atoms in total. The normalized spacial score (nSPS) is 10.8. The van der Waals surface area contributed by atoms with Crippen LogP contribution in [0.1, 0.15) is 10.4 Å². The fourth-order valence-electron chi connectivity index (χ4n) is 2.00. The van der Waals surface area contributed by atoms with Gasteiger partial charge in [-0.2, -0.15) is 5.10 Å². The first-order valence-electron chi connectivity index (χ1n) is 6.33. The first kappa shape index (κ1) is 13.4. The summed E-state index contributed by atoms with van der Waals surface area (Å²) in [5.41, 5.74) is 3.45. The van der Waals surface area contributed by atoms with Crippen LogP contribution in [0.25, 0.3) is 11.3 Å². The van der Waals surface area contributed by atoms with E-state index in [1.807, 2.05) is 17.5 Å². The number of benzene rings is 1. The molecule has 0 saturated carbocycles. The number of aromatic nitrogens is 2. The molecule has 0 aliphatic carbocycles. The molecular formula is C15H14ClN3S. The number of rotatable bonds is 5. The molecule has 2 heterocycles. The maximum atomic E-state index is 5.90. The SMILES string of the molecule is Clc1csc(CNCc2ccc(-c3ccn[nH]3)cc2)c1. The topological polar surface area (TPSA) is 40.7 Å². The Morgan fingerprint density at radius 2 is 2.00 bits per heavy atom. The number of aromatic amines is 1. The third-order valence-electron chi connectivity index (χ3n) is 3.02. The minimum Gasteiger partial charge on any atom is -0.308 e. The molecule has 0 unspecified atom stereocenters. The van der Waals surface area contributed by atoms with Crippen LogP contribution in [-0.2, 0) is 13.1 Å². The third kappa shape index (κ3) is 3.28. The van der Waals surface area contributed by atoms with E-state index in [-0.39, 0.29) is 0 Å². The van der Waals surface area contributed by atoms with E-state index < -0.39 is 0 Å². The largest absolute Gasteiger partial charge is 0.308 e. The van der Waals surface area contributed by atoms with E-state index in [0.29, 0.717) is 0 Å². The molecule has 5 heteroatoms. The van der Waals surface area contributed by atoms with Crippen LogP contribution in [0.5, 0.6) is 0 Å². The van der Waals surface area contributed by atoms with Crippen molar-refractivity contribution in [1.29, 1.82) is 0 Å². The third-order valence-corrected chi connectivity index (χ3v) is 4.30. The quantitative estimate of drug-likeness (QED) is 0.745. The number of hydrogen-bond donors (Lipinski definition) is 2. The van der Waals surface area contributed by atoms with Crippen molar-refractivity contribution >= 4 is 22.9 Å². The summed E-state index contributed by atoms with van der Waals surface area (Å²) in [6, 6.07) is 12.4. The molecule has 0 spiro atoms. The number of H-pyrrole nitrogens is 1. The van der Waals surface area contributed by atoms with Gasteiger partial charge in [-0.25, -0.2) is 0 Å². The van der Waals surface area contributed by atoms with Crippen LogP contribution >= 0.6 is 22.9 Å². The van der Waals surface area contributed by atoms with Crippen molar-refractivity contribution in [3.8, 4) is 11.3 Å². The lowest BCUT2D eigenvalue weighted by Gasteiger charge is -2.04. The molecule has 0 radical (unpaired) electrons. The smallest absolute Gasteiger partial charge is 0.0650 e. The second kappa shape index (κ2) is 6.22. The fourth-order valence-corrected chi connectivity index (χ4v) is 3.04. The highest BCUT2D eigenvalue weighted by Gasteiger charge is 2.00. The van der Waals surface area contributed by atoms with Gasteiger partial charge in [0.15, 0.2) is 0 Å².